The summed E-state index contributed by atoms with van der Waals surface area (Å²) in [6.07, 6.45) is 1.69. The van der Waals surface area contributed by atoms with Gasteiger partial charge in [-0.05, 0) is 5.92 Å². The van der Waals surface area contributed by atoms with Crippen molar-refractivity contribution < 1.29 is 4.79 Å². The van der Waals surface area contributed by atoms with Crippen LogP contribution in [0.5, 0.6) is 0 Å². The van der Waals surface area contributed by atoms with Gasteiger partial charge in [0.1, 0.15) is 5.70 Å². The highest BCUT2D eigenvalue weighted by Gasteiger charge is 1.99. The smallest absolute Gasteiger partial charge is 0.268 e. The normalized spacial score (nSPS) is 10.5. The fraction of sp³-hybridized carbons (Fsp3) is 0.500. The molecule has 1 amide bonds. The van der Waals surface area contributed by atoms with Crippen molar-refractivity contribution in [2.45, 2.75) is 13.8 Å². The van der Waals surface area contributed by atoms with E-state index in [0.29, 0.717) is 5.92 Å². The summed E-state index contributed by atoms with van der Waals surface area (Å²) in [6.45, 7) is 7.46. The molecule has 0 aliphatic heterocycles. The highest BCUT2D eigenvalue weighted by molar-refractivity contribution is 5.93. The Morgan fingerprint density at radius 1 is 1.64 bits per heavy atom. The van der Waals surface area contributed by atoms with Crippen LogP contribution < -0.4 is 5.32 Å². The van der Waals surface area contributed by atoms with Crippen molar-refractivity contribution in [3.05, 3.63) is 12.3 Å². The van der Waals surface area contributed by atoms with Gasteiger partial charge in [0.25, 0.3) is 5.91 Å². The average Bonchev–Trinajstić information content (AvgIpc) is 1.98. The van der Waals surface area contributed by atoms with Gasteiger partial charge in [0.15, 0.2) is 0 Å². The number of rotatable bonds is 3. The maximum absolute atomic E-state index is 10.8. The first-order chi connectivity index (χ1) is 5.07. The van der Waals surface area contributed by atoms with E-state index in [1.807, 2.05) is 13.8 Å². The molecule has 0 saturated heterocycles. The predicted octanol–water partition coefficient (Wildman–Crippen LogP) is 0.973. The maximum atomic E-state index is 10.8. The summed E-state index contributed by atoms with van der Waals surface area (Å²) in [7, 11) is 1.55. The molecule has 0 rings (SSSR count). The van der Waals surface area contributed by atoms with Crippen LogP contribution >= 0.6 is 0 Å². The first-order valence-corrected chi connectivity index (χ1v) is 3.53. The van der Waals surface area contributed by atoms with Crippen LogP contribution in [-0.2, 0) is 4.79 Å². The number of hydrogen-bond donors (Lipinski definition) is 1. The Labute approximate surface area is 67.2 Å². The Morgan fingerprint density at radius 2 is 2.18 bits per heavy atom. The van der Waals surface area contributed by atoms with Crippen LogP contribution in [0.4, 0.5) is 0 Å². The zero-order valence-electron chi connectivity index (χ0n) is 7.22. The molecule has 0 radical (unpaired) electrons. The minimum Gasteiger partial charge on any atom is -0.354 e. The molecule has 1 N–H and O–H groups in total. The number of amides is 1. The molecule has 0 aliphatic rings. The molecule has 0 spiro atoms. The monoisotopic (exact) mass is 154 g/mol. The van der Waals surface area contributed by atoms with E-state index in [9.17, 15) is 4.79 Å². The molecule has 3 nitrogen and oxygen atoms in total. The van der Waals surface area contributed by atoms with Gasteiger partial charge in [0.05, 0.1) is 0 Å². The lowest BCUT2D eigenvalue weighted by molar-refractivity contribution is -0.117. The van der Waals surface area contributed by atoms with Crippen molar-refractivity contribution in [1.29, 1.82) is 0 Å². The summed E-state index contributed by atoms with van der Waals surface area (Å²) in [5.41, 5.74) is 0.251. The Kier molecular flexibility index (Phi) is 4.18. The van der Waals surface area contributed by atoms with E-state index in [2.05, 4.69) is 16.9 Å². The van der Waals surface area contributed by atoms with E-state index >= 15 is 0 Å². The Hall–Kier alpha value is -1.12. The van der Waals surface area contributed by atoms with E-state index in [0.717, 1.165) is 0 Å². The van der Waals surface area contributed by atoms with Gasteiger partial charge < -0.3 is 5.32 Å². The molecular weight excluding hydrogens is 140 g/mol. The molecule has 0 saturated carbocycles. The van der Waals surface area contributed by atoms with Crippen LogP contribution in [0.25, 0.3) is 0 Å². The summed E-state index contributed by atoms with van der Waals surface area (Å²) >= 11 is 0. The lowest BCUT2D eigenvalue weighted by Gasteiger charge is -1.97. The Bertz CT molecular complexity index is 183. The standard InChI is InChI=1S/C8H14N2O/c1-6(2)5-10-7(3)8(11)9-4/h5-6H,3H2,1-2,4H3,(H,9,11)/b10-5+. The van der Waals surface area contributed by atoms with Crippen LogP contribution in [-0.4, -0.2) is 19.2 Å². The van der Waals surface area contributed by atoms with E-state index in [-0.39, 0.29) is 11.6 Å². The van der Waals surface area contributed by atoms with Crippen molar-refractivity contribution in [2.75, 3.05) is 7.05 Å². The predicted molar refractivity (Wildman–Crippen MR) is 46.5 cm³/mol. The average molecular weight is 154 g/mol. The Balaban J connectivity index is 3.97. The van der Waals surface area contributed by atoms with Gasteiger partial charge >= 0.3 is 0 Å². The highest BCUT2D eigenvalue weighted by atomic mass is 16.1. The van der Waals surface area contributed by atoms with E-state index in [4.69, 9.17) is 0 Å². The summed E-state index contributed by atoms with van der Waals surface area (Å²) in [4.78, 5) is 14.7. The van der Waals surface area contributed by atoms with Gasteiger partial charge in [0.2, 0.25) is 0 Å². The van der Waals surface area contributed by atoms with Crippen molar-refractivity contribution in [3.8, 4) is 0 Å². The van der Waals surface area contributed by atoms with Crippen LogP contribution in [0, 0.1) is 5.92 Å². The summed E-state index contributed by atoms with van der Waals surface area (Å²) in [6, 6.07) is 0. The molecule has 0 aromatic rings. The number of nitrogens with one attached hydrogen (secondary N) is 1. The third-order valence-electron chi connectivity index (χ3n) is 1.02. The maximum Gasteiger partial charge on any atom is 0.268 e. The van der Waals surface area contributed by atoms with Gasteiger partial charge in [-0.2, -0.15) is 0 Å². The van der Waals surface area contributed by atoms with E-state index < -0.39 is 0 Å². The first kappa shape index (κ1) is 9.88. The van der Waals surface area contributed by atoms with Crippen LogP contribution in [0.2, 0.25) is 0 Å². The number of hydrogen-bond acceptors (Lipinski definition) is 2. The minimum absolute atomic E-state index is 0.234. The SMILES string of the molecule is C=C(/N=C/C(C)C)C(=O)NC. The topological polar surface area (TPSA) is 41.5 Å². The molecule has 0 aromatic heterocycles. The lowest BCUT2D eigenvalue weighted by Crippen LogP contribution is -2.18. The zero-order chi connectivity index (χ0) is 8.85. The Morgan fingerprint density at radius 3 is 2.55 bits per heavy atom. The van der Waals surface area contributed by atoms with E-state index in [1.54, 1.807) is 13.3 Å². The summed E-state index contributed by atoms with van der Waals surface area (Å²) in [5.74, 6) is 0.110. The van der Waals surface area contributed by atoms with Crippen molar-refractivity contribution in [2.24, 2.45) is 10.9 Å². The third kappa shape index (κ3) is 4.31. The fourth-order valence-electron chi connectivity index (χ4n) is 0.442. The van der Waals surface area contributed by atoms with Gasteiger partial charge in [-0.25, -0.2) is 0 Å². The molecule has 11 heavy (non-hydrogen) atoms. The van der Waals surface area contributed by atoms with Gasteiger partial charge in [-0.15, -0.1) is 0 Å². The van der Waals surface area contributed by atoms with Crippen molar-refractivity contribution in [3.63, 3.8) is 0 Å². The lowest BCUT2D eigenvalue weighted by atomic mass is 10.2. The van der Waals surface area contributed by atoms with E-state index in [1.165, 1.54) is 0 Å². The van der Waals surface area contributed by atoms with Crippen molar-refractivity contribution >= 4 is 12.1 Å². The molecule has 0 unspecified atom stereocenters. The number of likely N-dealkylation sites (N-methyl/N-ethyl adjacent to an activating group) is 1. The first-order valence-electron chi connectivity index (χ1n) is 3.53. The summed E-state index contributed by atoms with van der Waals surface area (Å²) in [5, 5.41) is 2.44. The number of aliphatic imine (C=N–C) groups is 1. The molecular formula is C8H14N2O. The molecule has 62 valence electrons. The quantitative estimate of drug-likeness (QED) is 0.477. The third-order valence-corrected chi connectivity index (χ3v) is 1.02. The molecule has 3 heteroatoms. The largest absolute Gasteiger partial charge is 0.354 e. The van der Waals surface area contributed by atoms with Crippen LogP contribution in [0.3, 0.4) is 0 Å². The highest BCUT2D eigenvalue weighted by Crippen LogP contribution is 1.93. The second-order valence-corrected chi connectivity index (χ2v) is 2.55. The molecule has 0 heterocycles. The van der Waals surface area contributed by atoms with Gasteiger partial charge in [-0.1, -0.05) is 20.4 Å². The van der Waals surface area contributed by atoms with Gasteiger partial charge in [-0.3, -0.25) is 9.79 Å². The zero-order valence-corrected chi connectivity index (χ0v) is 7.22. The molecule has 0 atom stereocenters. The summed E-state index contributed by atoms with van der Waals surface area (Å²) < 4.78 is 0. The second kappa shape index (κ2) is 4.66. The number of carbonyl (C=O) groups excluding carboxylic acids is 1. The molecule has 0 bridgehead atoms. The fourth-order valence-corrected chi connectivity index (χ4v) is 0.442. The van der Waals surface area contributed by atoms with Crippen LogP contribution in [0.1, 0.15) is 13.8 Å². The molecule has 0 fully saturated rings. The molecule has 0 aromatic carbocycles. The number of carbonyl (C=O) groups is 1. The second-order valence-electron chi connectivity index (χ2n) is 2.55. The van der Waals surface area contributed by atoms with Crippen LogP contribution in [0.15, 0.2) is 17.3 Å². The molecule has 0 aliphatic carbocycles. The van der Waals surface area contributed by atoms with Crippen molar-refractivity contribution in [1.82, 2.24) is 5.32 Å². The minimum atomic E-state index is -0.234. The number of nitrogens with zero attached hydrogens (tertiary/aromatic N) is 1. The van der Waals surface area contributed by atoms with Gasteiger partial charge in [0, 0.05) is 13.3 Å².